The highest BCUT2D eigenvalue weighted by atomic mass is 127. The highest BCUT2D eigenvalue weighted by Gasteiger charge is 2.47. The molecule has 4 N–H and O–H groups in total. The summed E-state index contributed by atoms with van der Waals surface area (Å²) >= 11 is -1.16. The molecule has 1 saturated heterocycles. The van der Waals surface area contributed by atoms with Crippen molar-refractivity contribution in [2.24, 2.45) is 11.8 Å². The Hall–Kier alpha value is -1.44. The summed E-state index contributed by atoms with van der Waals surface area (Å²) in [5, 5.41) is 40.5. The van der Waals surface area contributed by atoms with Crippen molar-refractivity contribution in [1.82, 2.24) is 14.7 Å². The average molecular weight is 956 g/mol. The number of likely N-dealkylation sites (tertiary alicyclic amines) is 1. The van der Waals surface area contributed by atoms with Crippen molar-refractivity contribution in [3.05, 3.63) is 69.1 Å². The largest absolute Gasteiger partial charge is 0.471 e. The van der Waals surface area contributed by atoms with Crippen molar-refractivity contribution in [1.29, 1.82) is 0 Å². The maximum Gasteiger partial charge on any atom is 0.259 e. The zero-order valence-electron chi connectivity index (χ0n) is 26.3. The number of amides is 1. The molecular formula is C33H43I3N4O5. The maximum atomic E-state index is 13.4. The van der Waals surface area contributed by atoms with E-state index < -0.39 is 70.6 Å². The first-order valence-corrected chi connectivity index (χ1v) is 22.5. The second-order valence-electron chi connectivity index (χ2n) is 12.4. The molecule has 1 fully saturated rings. The van der Waals surface area contributed by atoms with Crippen LogP contribution in [0.2, 0.25) is 0 Å². The molecule has 2 heterocycles. The zero-order chi connectivity index (χ0) is 33.1. The quantitative estimate of drug-likeness (QED) is 0.142. The lowest BCUT2D eigenvalue weighted by molar-refractivity contribution is -0.153. The number of aliphatic hydroxyl groups is 3. The molecule has 1 unspecified atom stereocenters. The van der Waals surface area contributed by atoms with E-state index in [9.17, 15) is 20.1 Å². The molecule has 1 amide bonds. The summed E-state index contributed by atoms with van der Waals surface area (Å²) in [6, 6.07) is 13.7. The van der Waals surface area contributed by atoms with Gasteiger partial charge in [0, 0.05) is 58.6 Å². The Morgan fingerprint density at radius 2 is 1.64 bits per heavy atom. The Bertz CT molecular complexity index is 1510. The number of aromatic nitrogens is 2. The van der Waals surface area contributed by atoms with Gasteiger partial charge in [-0.15, -0.1) is 0 Å². The minimum Gasteiger partial charge on any atom is -0.471 e. The fraction of sp³-hybridized carbons (Fsp3) is 0.424. The molecule has 0 aliphatic carbocycles. The summed E-state index contributed by atoms with van der Waals surface area (Å²) in [5.74, 6) is -0.533. The Kier molecular flexibility index (Phi) is 12.3. The maximum absolute atomic E-state index is 13.4. The molecule has 4 rings (SSSR count). The number of carbonyl (C=O) groups excluding carboxylic acids is 1. The first-order chi connectivity index (χ1) is 21.1. The topological polar surface area (TPSA) is 120 Å². The first kappa shape index (κ1) is 36.4. The second-order valence-corrected chi connectivity index (χ2v) is 20.8. The molecule has 2 aromatic carbocycles. The van der Waals surface area contributed by atoms with Crippen LogP contribution in [0.1, 0.15) is 49.3 Å². The highest BCUT2D eigenvalue weighted by Crippen LogP contribution is 2.38. The molecule has 0 spiro atoms. The SMILES string of the molecule is C=Ic1ccc(-n2cc(C(=O)Nc3ccc(CN4C[C@@H](C(C)(C)O)C(O)[C@@H](C(C)(C)O)C4)c(OC(I=C)I=C)c3)c(C)n2)cc1. The lowest BCUT2D eigenvalue weighted by Gasteiger charge is -2.49. The van der Waals surface area contributed by atoms with Crippen molar-refractivity contribution in [2.75, 3.05) is 18.4 Å². The van der Waals surface area contributed by atoms with Gasteiger partial charge in [-0.3, -0.25) is 9.69 Å². The highest BCUT2D eigenvalue weighted by molar-refractivity contribution is 14.3. The summed E-state index contributed by atoms with van der Waals surface area (Å²) in [6.45, 7) is 9.99. The Labute approximate surface area is 295 Å². The molecule has 45 heavy (non-hydrogen) atoms. The molecule has 1 aromatic heterocycles. The zero-order valence-corrected chi connectivity index (χ0v) is 32.8. The van der Waals surface area contributed by atoms with E-state index in [2.05, 4.69) is 28.9 Å². The van der Waals surface area contributed by atoms with Crippen molar-refractivity contribution in [3.8, 4) is 11.4 Å². The normalized spacial score (nSPS) is 19.5. The number of ether oxygens (including phenoxy) is 1. The van der Waals surface area contributed by atoms with Gasteiger partial charge in [-0.05, 0) is 65.0 Å². The molecule has 1 aliphatic heterocycles. The number of aryl methyl sites for hydroxylation is 1. The Morgan fingerprint density at radius 1 is 1.04 bits per heavy atom. The van der Waals surface area contributed by atoms with E-state index in [1.165, 1.54) is 3.57 Å². The number of piperidine rings is 1. The number of carbonyl (C=O) groups is 1. The number of nitrogens with zero attached hydrogens (tertiary/aromatic N) is 3. The smallest absolute Gasteiger partial charge is 0.259 e. The van der Waals surface area contributed by atoms with Gasteiger partial charge in [0.25, 0.3) is 5.91 Å². The van der Waals surface area contributed by atoms with Crippen LogP contribution in [0, 0.1) is 22.3 Å². The van der Waals surface area contributed by atoms with Crippen LogP contribution in [0.4, 0.5) is 5.69 Å². The fourth-order valence-corrected chi connectivity index (χ4v) is 9.14. The van der Waals surface area contributed by atoms with Crippen LogP contribution in [-0.4, -0.2) is 82.0 Å². The summed E-state index contributed by atoms with van der Waals surface area (Å²) in [5.41, 5.74) is 1.19. The first-order valence-electron chi connectivity index (χ1n) is 14.4. The Balaban J connectivity index is 1.60. The molecule has 0 saturated carbocycles. The van der Waals surface area contributed by atoms with Gasteiger partial charge in [-0.1, -0.05) is 81.8 Å². The third-order valence-corrected chi connectivity index (χ3v) is 16.1. The summed E-state index contributed by atoms with van der Waals surface area (Å²) < 4.78 is 21.7. The van der Waals surface area contributed by atoms with Gasteiger partial charge in [0.15, 0.2) is 2.12 Å². The predicted molar refractivity (Wildman–Crippen MR) is 210 cm³/mol. The van der Waals surface area contributed by atoms with Gasteiger partial charge in [-0.25, -0.2) is 4.68 Å². The number of nitrogens with one attached hydrogen (secondary N) is 1. The van der Waals surface area contributed by atoms with Crippen LogP contribution in [0.5, 0.6) is 5.75 Å². The molecule has 0 radical (unpaired) electrons. The van der Waals surface area contributed by atoms with E-state index in [0.717, 1.165) is 11.3 Å². The molecule has 12 heteroatoms. The van der Waals surface area contributed by atoms with E-state index in [-0.39, 0.29) is 28.8 Å². The number of hydrogen-bond acceptors (Lipinski definition) is 7. The van der Waals surface area contributed by atoms with Crippen molar-refractivity contribution in [2.45, 2.75) is 60.6 Å². The predicted octanol–water partition coefficient (Wildman–Crippen LogP) is 5.42. The van der Waals surface area contributed by atoms with Crippen LogP contribution < -0.4 is 10.1 Å². The summed E-state index contributed by atoms with van der Waals surface area (Å²) in [6.07, 6.45) is 0.886. The van der Waals surface area contributed by atoms with Crippen molar-refractivity contribution in [3.63, 3.8) is 0 Å². The van der Waals surface area contributed by atoms with Gasteiger partial charge in [0.2, 0.25) is 0 Å². The number of alkyl halides is 2. The molecule has 9 nitrogen and oxygen atoms in total. The van der Waals surface area contributed by atoms with E-state index in [4.69, 9.17) is 4.74 Å². The third-order valence-electron chi connectivity index (χ3n) is 8.12. The Morgan fingerprint density at radius 3 is 2.18 bits per heavy atom. The number of hydrogen-bond donors (Lipinski definition) is 4. The van der Waals surface area contributed by atoms with Crippen LogP contribution >= 0.6 is 62.2 Å². The van der Waals surface area contributed by atoms with E-state index >= 15 is 0 Å². The number of rotatable bonds is 12. The average Bonchev–Trinajstić information content (AvgIpc) is 3.38. The van der Waals surface area contributed by atoms with Gasteiger partial charge in [0.1, 0.15) is 5.75 Å². The lowest BCUT2D eigenvalue weighted by atomic mass is 9.72. The van der Waals surface area contributed by atoms with E-state index in [0.29, 0.717) is 42.3 Å². The number of aliphatic hydroxyl groups excluding tert-OH is 1. The van der Waals surface area contributed by atoms with Crippen LogP contribution in [0.3, 0.4) is 0 Å². The van der Waals surface area contributed by atoms with Crippen molar-refractivity contribution >= 4 is 87.3 Å². The van der Waals surface area contributed by atoms with Gasteiger partial charge >= 0.3 is 0 Å². The van der Waals surface area contributed by atoms with Gasteiger partial charge in [0.05, 0.1) is 34.3 Å². The number of halogens is 3. The molecule has 3 aromatic rings. The standard InChI is InChI=1S/C33H43I3N4O5/c1-20-25(17-40(38-20)24-13-10-22(34-6)11-14-24)30(42)37-23-12-9-21(28(15-23)45-31(35-7)36-8)16-39-18-26(32(2,3)43)29(41)27(19-39)33(4,5)44/h9-15,17,26-27,29,31,41,43-44H,6-8,16,18-19H2,1-5H3,(H,37,42)/t26-,27+,29?. The van der Waals surface area contributed by atoms with Crippen LogP contribution in [-0.2, 0) is 6.54 Å². The number of anilines is 1. The van der Waals surface area contributed by atoms with Crippen molar-refractivity contribution < 1.29 is 24.9 Å². The lowest BCUT2D eigenvalue weighted by Crippen LogP contribution is -2.60. The second kappa shape index (κ2) is 15.2. The fourth-order valence-electron chi connectivity index (χ4n) is 5.55. The van der Waals surface area contributed by atoms with Gasteiger partial charge < -0.3 is 25.4 Å². The van der Waals surface area contributed by atoms with E-state index in [1.807, 2.05) is 49.4 Å². The summed E-state index contributed by atoms with van der Waals surface area (Å²) in [7, 11) is 0. The number of benzene rings is 2. The monoisotopic (exact) mass is 956 g/mol. The summed E-state index contributed by atoms with van der Waals surface area (Å²) in [4.78, 5) is 15.6. The van der Waals surface area contributed by atoms with Gasteiger partial charge in [-0.2, -0.15) is 5.10 Å². The third kappa shape index (κ3) is 9.13. The molecule has 0 bridgehead atoms. The molecular weight excluding hydrogens is 913 g/mol. The molecule has 1 aliphatic rings. The minimum absolute atomic E-state index is 0.00110. The van der Waals surface area contributed by atoms with E-state index in [1.54, 1.807) is 38.6 Å². The van der Waals surface area contributed by atoms with Crippen LogP contribution in [0.25, 0.3) is 5.69 Å². The minimum atomic E-state index is -1.14. The van der Waals surface area contributed by atoms with Crippen LogP contribution in [0.15, 0.2) is 48.7 Å². The molecule has 3 atom stereocenters. The molecule has 246 valence electrons.